The molecule has 0 unspecified atom stereocenters. The number of amides is 1. The van der Waals surface area contributed by atoms with Crippen LogP contribution in [0.4, 0.5) is 4.39 Å². The van der Waals surface area contributed by atoms with Crippen molar-refractivity contribution in [1.29, 1.82) is 0 Å². The number of thioether (sulfide) groups is 1. The smallest absolute Gasteiger partial charge is 0.237 e. The summed E-state index contributed by atoms with van der Waals surface area (Å²) in [7, 11) is 0. The fourth-order valence-corrected chi connectivity index (χ4v) is 5.94. The first-order valence-corrected chi connectivity index (χ1v) is 12.1. The van der Waals surface area contributed by atoms with Gasteiger partial charge in [-0.25, -0.2) is 4.39 Å². The molecule has 5 rings (SSSR count). The van der Waals surface area contributed by atoms with E-state index in [9.17, 15) is 9.18 Å². The van der Waals surface area contributed by atoms with Gasteiger partial charge in [-0.1, -0.05) is 30.3 Å². The number of benzene rings is 2. The summed E-state index contributed by atoms with van der Waals surface area (Å²) in [6.07, 6.45) is 1.00. The van der Waals surface area contributed by atoms with Crippen LogP contribution < -0.4 is 4.74 Å². The number of carbonyl (C=O) groups is 1. The Bertz CT molecular complexity index is 948. The zero-order chi connectivity index (χ0) is 21.2. The van der Waals surface area contributed by atoms with Crippen LogP contribution in [-0.4, -0.2) is 72.2 Å². The second-order valence-corrected chi connectivity index (χ2v) is 9.61. The lowest BCUT2D eigenvalue weighted by Gasteiger charge is -2.35. The third-order valence-corrected chi connectivity index (χ3v) is 7.61. The van der Waals surface area contributed by atoms with Gasteiger partial charge in [-0.05, 0) is 23.3 Å². The molecule has 1 amide bonds. The summed E-state index contributed by atoms with van der Waals surface area (Å²) in [6.45, 7) is 6.49. The average Bonchev–Trinajstić information content (AvgIpc) is 3.45. The summed E-state index contributed by atoms with van der Waals surface area (Å²) in [5, 5.41) is -0.209. The maximum atomic E-state index is 14.3. The van der Waals surface area contributed by atoms with Crippen LogP contribution in [-0.2, 0) is 17.8 Å². The summed E-state index contributed by atoms with van der Waals surface area (Å²) >= 11 is 1.65. The van der Waals surface area contributed by atoms with Crippen molar-refractivity contribution < 1.29 is 13.9 Å². The van der Waals surface area contributed by atoms with Crippen molar-refractivity contribution in [2.75, 3.05) is 51.6 Å². The number of halogens is 1. The maximum Gasteiger partial charge on any atom is 0.237 e. The Labute approximate surface area is 187 Å². The lowest BCUT2D eigenvalue weighted by molar-refractivity contribution is -0.133. The molecule has 0 spiro atoms. The molecule has 31 heavy (non-hydrogen) atoms. The zero-order valence-corrected chi connectivity index (χ0v) is 18.5. The highest BCUT2D eigenvalue weighted by atomic mass is 32.2. The molecule has 0 aromatic heterocycles. The van der Waals surface area contributed by atoms with Crippen molar-refractivity contribution in [3.63, 3.8) is 0 Å². The first-order valence-electron chi connectivity index (χ1n) is 11.0. The lowest BCUT2D eigenvalue weighted by atomic mass is 10.1. The second-order valence-electron chi connectivity index (χ2n) is 8.42. The van der Waals surface area contributed by atoms with Gasteiger partial charge in [0.15, 0.2) is 0 Å². The van der Waals surface area contributed by atoms with Crippen molar-refractivity contribution in [3.8, 4) is 5.75 Å². The number of hydrogen-bond donors (Lipinski definition) is 0. The normalized spacial score (nSPS) is 21.8. The molecule has 2 saturated heterocycles. The van der Waals surface area contributed by atoms with E-state index in [1.54, 1.807) is 23.9 Å². The van der Waals surface area contributed by atoms with Gasteiger partial charge < -0.3 is 9.64 Å². The van der Waals surface area contributed by atoms with Crippen molar-refractivity contribution in [3.05, 3.63) is 65.0 Å². The first kappa shape index (κ1) is 20.8. The van der Waals surface area contributed by atoms with E-state index in [1.807, 2.05) is 11.0 Å². The van der Waals surface area contributed by atoms with Crippen LogP contribution in [0, 0.1) is 5.82 Å². The van der Waals surface area contributed by atoms with Crippen LogP contribution in [0.25, 0.3) is 0 Å². The predicted octanol–water partition coefficient (Wildman–Crippen LogP) is 3.15. The molecule has 0 saturated carbocycles. The van der Waals surface area contributed by atoms with Crippen LogP contribution in [0.15, 0.2) is 42.5 Å². The second kappa shape index (κ2) is 9.18. The summed E-state index contributed by atoms with van der Waals surface area (Å²) in [5.74, 6) is 1.75. The molecule has 5 nitrogen and oxygen atoms in total. The summed E-state index contributed by atoms with van der Waals surface area (Å²) < 4.78 is 19.9. The SMILES string of the molecule is O=C(CN1CCN(Cc2ccc3c(c2)CCO3)CC1)N1CCS[C@H]1c1ccccc1F. The molecule has 7 heteroatoms. The van der Waals surface area contributed by atoms with E-state index in [2.05, 4.69) is 28.0 Å². The number of ether oxygens (including phenoxy) is 1. The summed E-state index contributed by atoms with van der Waals surface area (Å²) in [5.41, 5.74) is 3.26. The lowest BCUT2D eigenvalue weighted by Crippen LogP contribution is -2.49. The maximum absolute atomic E-state index is 14.3. The summed E-state index contributed by atoms with van der Waals surface area (Å²) in [6, 6.07) is 13.3. The van der Waals surface area contributed by atoms with Crippen molar-refractivity contribution in [1.82, 2.24) is 14.7 Å². The van der Waals surface area contributed by atoms with E-state index < -0.39 is 0 Å². The minimum Gasteiger partial charge on any atom is -0.493 e. The van der Waals surface area contributed by atoms with Gasteiger partial charge in [0.2, 0.25) is 5.91 Å². The van der Waals surface area contributed by atoms with E-state index in [0.29, 0.717) is 18.7 Å². The molecule has 3 heterocycles. The third-order valence-electron chi connectivity index (χ3n) is 6.37. The minimum absolute atomic E-state index is 0.102. The zero-order valence-electron chi connectivity index (χ0n) is 17.6. The average molecular weight is 442 g/mol. The quantitative estimate of drug-likeness (QED) is 0.713. The Balaban J connectivity index is 1.13. The Kier molecular flexibility index (Phi) is 6.16. The molecule has 0 aliphatic carbocycles. The minimum atomic E-state index is -0.230. The van der Waals surface area contributed by atoms with Crippen LogP contribution >= 0.6 is 11.8 Å². The highest BCUT2D eigenvalue weighted by Crippen LogP contribution is 2.39. The first-order chi connectivity index (χ1) is 15.2. The van der Waals surface area contributed by atoms with Crippen LogP contribution in [0.1, 0.15) is 22.1 Å². The number of fused-ring (bicyclic) bond motifs is 1. The molecule has 0 N–H and O–H groups in total. The largest absolute Gasteiger partial charge is 0.493 e. The standard InChI is InChI=1S/C24H28FN3O2S/c25-21-4-2-1-3-20(21)24-28(12-14-31-24)23(29)17-27-10-8-26(9-11-27)16-18-5-6-22-19(15-18)7-13-30-22/h1-6,15,24H,7-14,16-17H2/t24-/m0/s1. The van der Waals surface area contributed by atoms with Crippen LogP contribution in [0.5, 0.6) is 5.75 Å². The molecule has 3 aliphatic rings. The monoisotopic (exact) mass is 441 g/mol. The molecule has 3 aliphatic heterocycles. The molecular weight excluding hydrogens is 413 g/mol. The number of piperazine rings is 1. The van der Waals surface area contributed by atoms with Gasteiger partial charge in [-0.2, -0.15) is 0 Å². The molecule has 1 atom stereocenters. The van der Waals surface area contributed by atoms with Gasteiger partial charge >= 0.3 is 0 Å². The van der Waals surface area contributed by atoms with Gasteiger partial charge in [0, 0.05) is 57.0 Å². The number of nitrogens with zero attached hydrogens (tertiary/aromatic N) is 3. The van der Waals surface area contributed by atoms with E-state index >= 15 is 0 Å². The molecule has 2 aromatic rings. The molecule has 0 radical (unpaired) electrons. The van der Waals surface area contributed by atoms with E-state index in [4.69, 9.17) is 4.74 Å². The van der Waals surface area contributed by atoms with Gasteiger partial charge in [-0.3, -0.25) is 14.6 Å². The molecular formula is C24H28FN3O2S. The van der Waals surface area contributed by atoms with Crippen LogP contribution in [0.3, 0.4) is 0 Å². The number of hydrogen-bond acceptors (Lipinski definition) is 5. The van der Waals surface area contributed by atoms with Crippen LogP contribution in [0.2, 0.25) is 0 Å². The Morgan fingerprint density at radius 1 is 1.06 bits per heavy atom. The van der Waals surface area contributed by atoms with E-state index in [-0.39, 0.29) is 17.1 Å². The van der Waals surface area contributed by atoms with E-state index in [1.165, 1.54) is 17.2 Å². The van der Waals surface area contributed by atoms with Gasteiger partial charge in [0.1, 0.15) is 16.9 Å². The highest BCUT2D eigenvalue weighted by molar-refractivity contribution is 7.99. The Hall–Kier alpha value is -2.09. The van der Waals surface area contributed by atoms with E-state index in [0.717, 1.165) is 57.3 Å². The molecule has 0 bridgehead atoms. The van der Waals surface area contributed by atoms with Gasteiger partial charge in [0.05, 0.1) is 13.2 Å². The topological polar surface area (TPSA) is 36.0 Å². The van der Waals surface area contributed by atoms with Crippen molar-refractivity contribution in [2.24, 2.45) is 0 Å². The fourth-order valence-electron chi connectivity index (χ4n) is 4.64. The molecule has 164 valence electrons. The van der Waals surface area contributed by atoms with Crippen molar-refractivity contribution in [2.45, 2.75) is 18.3 Å². The highest BCUT2D eigenvalue weighted by Gasteiger charge is 2.33. The molecule has 2 aromatic carbocycles. The molecule has 2 fully saturated rings. The Morgan fingerprint density at radius 3 is 2.71 bits per heavy atom. The Morgan fingerprint density at radius 2 is 1.87 bits per heavy atom. The fraction of sp³-hybridized carbons (Fsp3) is 0.458. The van der Waals surface area contributed by atoms with Crippen molar-refractivity contribution >= 4 is 17.7 Å². The van der Waals surface area contributed by atoms with Gasteiger partial charge in [-0.15, -0.1) is 11.8 Å². The summed E-state index contributed by atoms with van der Waals surface area (Å²) in [4.78, 5) is 19.5. The third kappa shape index (κ3) is 4.59. The predicted molar refractivity (Wildman–Crippen MR) is 121 cm³/mol. The van der Waals surface area contributed by atoms with Gasteiger partial charge in [0.25, 0.3) is 0 Å². The number of carbonyl (C=O) groups excluding carboxylic acids is 1. The number of rotatable bonds is 5.